The van der Waals surface area contributed by atoms with Crippen LogP contribution in [-0.4, -0.2) is 43.2 Å². The van der Waals surface area contributed by atoms with Gasteiger partial charge in [-0.2, -0.15) is 0 Å². The van der Waals surface area contributed by atoms with E-state index >= 15 is 0 Å². The molecule has 3 nitrogen and oxygen atoms in total. The van der Waals surface area contributed by atoms with Crippen LogP contribution < -0.4 is 10.6 Å². The molecule has 0 saturated carbocycles. The Balaban J connectivity index is 2.16. The summed E-state index contributed by atoms with van der Waals surface area (Å²) in [4.78, 5) is 5.03. The third kappa shape index (κ3) is 4.12. The zero-order valence-corrected chi connectivity index (χ0v) is 14.2. The normalized spacial score (nSPS) is 20.3. The van der Waals surface area contributed by atoms with Gasteiger partial charge in [0.1, 0.15) is 0 Å². The molecule has 1 aromatic carbocycles. The molecule has 0 radical (unpaired) electrons. The van der Waals surface area contributed by atoms with Crippen LogP contribution in [0, 0.1) is 0 Å². The minimum atomic E-state index is 0.172. The van der Waals surface area contributed by atoms with E-state index in [9.17, 15) is 0 Å². The maximum Gasteiger partial charge on any atom is 0.0426 e. The first-order valence-electron chi connectivity index (χ1n) is 8.08. The number of rotatable bonds is 6. The number of benzene rings is 1. The van der Waals surface area contributed by atoms with E-state index < -0.39 is 0 Å². The van der Waals surface area contributed by atoms with Crippen molar-refractivity contribution < 1.29 is 0 Å². The molecule has 1 aliphatic heterocycles. The van der Waals surface area contributed by atoms with Crippen molar-refractivity contribution in [2.24, 2.45) is 5.73 Å². The quantitative estimate of drug-likeness (QED) is 0.876. The molecule has 1 heterocycles. The van der Waals surface area contributed by atoms with E-state index in [1.165, 1.54) is 17.7 Å². The predicted octanol–water partition coefficient (Wildman–Crippen LogP) is 3.15. The Morgan fingerprint density at radius 2 is 2.10 bits per heavy atom. The average molecular weight is 310 g/mol. The first kappa shape index (κ1) is 16.6. The molecule has 0 aliphatic carbocycles. The standard InChI is InChI=1S/C17H28ClN3/c1-4-20(5-2)16-8-9-21(12-16)17-11-15(18)7-6-14(17)10-13(3)19/h6-7,11,13,16H,4-5,8-10,12,19H2,1-3H3. The van der Waals surface area contributed by atoms with Gasteiger partial charge in [0.25, 0.3) is 0 Å². The van der Waals surface area contributed by atoms with Gasteiger partial charge in [-0.3, -0.25) is 4.90 Å². The minimum absolute atomic E-state index is 0.172. The summed E-state index contributed by atoms with van der Waals surface area (Å²) in [7, 11) is 0. The van der Waals surface area contributed by atoms with Gasteiger partial charge < -0.3 is 10.6 Å². The Bertz CT molecular complexity index is 457. The Labute approximate surface area is 134 Å². The number of nitrogens with two attached hydrogens (primary N) is 1. The van der Waals surface area contributed by atoms with Crippen LogP contribution in [0.4, 0.5) is 5.69 Å². The topological polar surface area (TPSA) is 32.5 Å². The lowest BCUT2D eigenvalue weighted by Crippen LogP contribution is -2.37. The van der Waals surface area contributed by atoms with Gasteiger partial charge in [-0.05, 0) is 50.6 Å². The molecule has 1 saturated heterocycles. The van der Waals surface area contributed by atoms with Crippen molar-refractivity contribution in [2.75, 3.05) is 31.1 Å². The van der Waals surface area contributed by atoms with Crippen molar-refractivity contribution in [2.45, 2.75) is 45.7 Å². The van der Waals surface area contributed by atoms with Crippen molar-refractivity contribution in [3.05, 3.63) is 28.8 Å². The van der Waals surface area contributed by atoms with Crippen molar-refractivity contribution in [3.63, 3.8) is 0 Å². The minimum Gasteiger partial charge on any atom is -0.370 e. The lowest BCUT2D eigenvalue weighted by atomic mass is 10.0. The fraction of sp³-hybridized carbons (Fsp3) is 0.647. The van der Waals surface area contributed by atoms with E-state index in [0.717, 1.165) is 37.6 Å². The van der Waals surface area contributed by atoms with E-state index in [1.54, 1.807) is 0 Å². The van der Waals surface area contributed by atoms with Gasteiger partial charge >= 0.3 is 0 Å². The summed E-state index contributed by atoms with van der Waals surface area (Å²) in [6.45, 7) is 11.0. The molecule has 2 N–H and O–H groups in total. The molecule has 1 fully saturated rings. The van der Waals surface area contributed by atoms with Crippen LogP contribution >= 0.6 is 11.6 Å². The fourth-order valence-electron chi connectivity index (χ4n) is 3.35. The van der Waals surface area contributed by atoms with Gasteiger partial charge in [0.15, 0.2) is 0 Å². The summed E-state index contributed by atoms with van der Waals surface area (Å²) in [5, 5.41) is 0.810. The molecular weight excluding hydrogens is 282 g/mol. The molecule has 1 aliphatic rings. The first-order valence-corrected chi connectivity index (χ1v) is 8.45. The summed E-state index contributed by atoms with van der Waals surface area (Å²) < 4.78 is 0. The lowest BCUT2D eigenvalue weighted by molar-refractivity contribution is 0.232. The summed E-state index contributed by atoms with van der Waals surface area (Å²) in [6, 6.07) is 7.03. The highest BCUT2D eigenvalue weighted by atomic mass is 35.5. The highest BCUT2D eigenvalue weighted by Gasteiger charge is 2.27. The smallest absolute Gasteiger partial charge is 0.0426 e. The molecule has 2 atom stereocenters. The first-order chi connectivity index (χ1) is 10.0. The number of likely N-dealkylation sites (N-methyl/N-ethyl adjacent to an activating group) is 1. The highest BCUT2D eigenvalue weighted by Crippen LogP contribution is 2.30. The lowest BCUT2D eigenvalue weighted by Gasteiger charge is -2.27. The maximum atomic E-state index is 6.22. The molecule has 4 heteroatoms. The Hall–Kier alpha value is -0.770. The van der Waals surface area contributed by atoms with E-state index in [2.05, 4.69) is 42.7 Å². The Morgan fingerprint density at radius 3 is 2.71 bits per heavy atom. The maximum absolute atomic E-state index is 6.22. The number of halogens is 1. The van der Waals surface area contributed by atoms with Crippen LogP contribution in [0.2, 0.25) is 5.02 Å². The second-order valence-electron chi connectivity index (χ2n) is 6.06. The molecule has 118 valence electrons. The highest BCUT2D eigenvalue weighted by molar-refractivity contribution is 6.30. The van der Waals surface area contributed by atoms with Crippen LogP contribution in [0.15, 0.2) is 18.2 Å². The summed E-state index contributed by atoms with van der Waals surface area (Å²) >= 11 is 6.22. The zero-order chi connectivity index (χ0) is 15.4. The van der Waals surface area contributed by atoms with Crippen LogP contribution in [0.25, 0.3) is 0 Å². The van der Waals surface area contributed by atoms with Gasteiger partial charge in [-0.15, -0.1) is 0 Å². The Kier molecular flexibility index (Phi) is 5.91. The summed E-state index contributed by atoms with van der Waals surface area (Å²) in [5.41, 5.74) is 8.58. The fourth-order valence-corrected chi connectivity index (χ4v) is 3.52. The van der Waals surface area contributed by atoms with Crippen molar-refractivity contribution >= 4 is 17.3 Å². The van der Waals surface area contributed by atoms with Gasteiger partial charge in [-0.1, -0.05) is 31.5 Å². The second-order valence-corrected chi connectivity index (χ2v) is 6.50. The van der Waals surface area contributed by atoms with Crippen LogP contribution in [0.3, 0.4) is 0 Å². The van der Waals surface area contributed by atoms with Gasteiger partial charge in [0, 0.05) is 35.9 Å². The van der Waals surface area contributed by atoms with E-state index in [0.29, 0.717) is 6.04 Å². The molecule has 0 bridgehead atoms. The second kappa shape index (κ2) is 7.48. The number of nitrogens with zero attached hydrogens (tertiary/aromatic N) is 2. The SMILES string of the molecule is CCN(CC)C1CCN(c2cc(Cl)ccc2CC(C)N)C1. The van der Waals surface area contributed by atoms with Gasteiger partial charge in [-0.25, -0.2) is 0 Å². The average Bonchev–Trinajstić information content (AvgIpc) is 2.91. The third-order valence-corrected chi connectivity index (χ3v) is 4.66. The van der Waals surface area contributed by atoms with Crippen LogP contribution in [0.1, 0.15) is 32.8 Å². The molecule has 21 heavy (non-hydrogen) atoms. The van der Waals surface area contributed by atoms with E-state index in [-0.39, 0.29) is 6.04 Å². The molecule has 0 spiro atoms. The zero-order valence-electron chi connectivity index (χ0n) is 13.5. The van der Waals surface area contributed by atoms with E-state index in [4.69, 9.17) is 17.3 Å². The number of anilines is 1. The molecule has 2 unspecified atom stereocenters. The summed E-state index contributed by atoms with van der Waals surface area (Å²) in [5.74, 6) is 0. The number of hydrogen-bond donors (Lipinski definition) is 1. The summed E-state index contributed by atoms with van der Waals surface area (Å²) in [6.07, 6.45) is 2.13. The molecule has 0 aromatic heterocycles. The van der Waals surface area contributed by atoms with Crippen molar-refractivity contribution in [1.82, 2.24) is 4.90 Å². The van der Waals surface area contributed by atoms with Crippen molar-refractivity contribution in [3.8, 4) is 0 Å². The number of hydrogen-bond acceptors (Lipinski definition) is 3. The Morgan fingerprint density at radius 1 is 1.38 bits per heavy atom. The molecular formula is C17H28ClN3. The van der Waals surface area contributed by atoms with Gasteiger partial charge in [0.2, 0.25) is 0 Å². The van der Waals surface area contributed by atoms with Crippen LogP contribution in [0.5, 0.6) is 0 Å². The molecule has 2 rings (SSSR count). The van der Waals surface area contributed by atoms with Crippen molar-refractivity contribution in [1.29, 1.82) is 0 Å². The van der Waals surface area contributed by atoms with E-state index in [1.807, 2.05) is 6.07 Å². The largest absolute Gasteiger partial charge is 0.370 e. The predicted molar refractivity (Wildman–Crippen MR) is 92.3 cm³/mol. The molecule has 0 amide bonds. The third-order valence-electron chi connectivity index (χ3n) is 4.42. The molecule has 1 aromatic rings. The van der Waals surface area contributed by atoms with Crippen LogP contribution in [-0.2, 0) is 6.42 Å². The monoisotopic (exact) mass is 309 g/mol. The van der Waals surface area contributed by atoms with Gasteiger partial charge in [0.05, 0.1) is 0 Å².